The first-order chi connectivity index (χ1) is 6.42. The van der Waals surface area contributed by atoms with Crippen LogP contribution in [0.5, 0.6) is 0 Å². The summed E-state index contributed by atoms with van der Waals surface area (Å²) in [6.45, 7) is 0. The third kappa shape index (κ3) is 1.58. The van der Waals surface area contributed by atoms with Gasteiger partial charge in [0.15, 0.2) is 0 Å². The molecule has 0 saturated carbocycles. The van der Waals surface area contributed by atoms with Crippen molar-refractivity contribution in [1.29, 1.82) is 0 Å². The first-order valence-corrected chi connectivity index (χ1v) is 5.10. The second-order valence-electron chi connectivity index (χ2n) is 2.77. The molecule has 0 bridgehead atoms. The standard InChI is InChI=1S/C11H11NS/c1-12-10-6-3-2-5-9(10)11-7-4-8-13-11/h2-8,12H,1H3. The van der Waals surface area contributed by atoms with E-state index in [0.29, 0.717) is 0 Å². The summed E-state index contributed by atoms with van der Waals surface area (Å²) in [6, 6.07) is 12.6. The SMILES string of the molecule is CNc1ccccc1-c1cccs1. The largest absolute Gasteiger partial charge is 0.388 e. The highest BCUT2D eigenvalue weighted by molar-refractivity contribution is 7.13. The minimum absolute atomic E-state index is 1.19. The fourth-order valence-electron chi connectivity index (χ4n) is 1.35. The molecule has 0 amide bonds. The molecule has 13 heavy (non-hydrogen) atoms. The average Bonchev–Trinajstić information content (AvgIpc) is 2.70. The van der Waals surface area contributed by atoms with Gasteiger partial charge in [-0.2, -0.15) is 0 Å². The molecule has 0 atom stereocenters. The van der Waals surface area contributed by atoms with Gasteiger partial charge in [-0.3, -0.25) is 0 Å². The minimum atomic E-state index is 1.19. The molecule has 1 aromatic heterocycles. The van der Waals surface area contributed by atoms with Gasteiger partial charge in [0, 0.05) is 23.2 Å². The molecule has 1 aromatic carbocycles. The van der Waals surface area contributed by atoms with Crippen molar-refractivity contribution in [2.45, 2.75) is 0 Å². The van der Waals surface area contributed by atoms with Crippen molar-refractivity contribution in [2.75, 3.05) is 12.4 Å². The Morgan fingerprint density at radius 2 is 1.92 bits per heavy atom. The van der Waals surface area contributed by atoms with Crippen molar-refractivity contribution in [3.05, 3.63) is 41.8 Å². The number of rotatable bonds is 2. The van der Waals surface area contributed by atoms with Crippen LogP contribution >= 0.6 is 11.3 Å². The van der Waals surface area contributed by atoms with Crippen LogP contribution in [0.4, 0.5) is 5.69 Å². The number of thiophene rings is 1. The summed E-state index contributed by atoms with van der Waals surface area (Å²) in [7, 11) is 1.95. The normalized spacial score (nSPS) is 9.92. The number of para-hydroxylation sites is 1. The highest BCUT2D eigenvalue weighted by Crippen LogP contribution is 2.30. The van der Waals surface area contributed by atoms with Crippen molar-refractivity contribution < 1.29 is 0 Å². The molecule has 0 aliphatic heterocycles. The van der Waals surface area contributed by atoms with Crippen LogP contribution in [-0.2, 0) is 0 Å². The second-order valence-corrected chi connectivity index (χ2v) is 3.72. The van der Waals surface area contributed by atoms with E-state index in [2.05, 4.69) is 41.0 Å². The van der Waals surface area contributed by atoms with Crippen molar-refractivity contribution >= 4 is 17.0 Å². The molecular formula is C11H11NS. The summed E-state index contributed by atoms with van der Waals surface area (Å²) in [5, 5.41) is 5.29. The molecular weight excluding hydrogens is 178 g/mol. The van der Waals surface area contributed by atoms with E-state index in [4.69, 9.17) is 0 Å². The Morgan fingerprint density at radius 1 is 1.08 bits per heavy atom. The summed E-state index contributed by atoms with van der Waals surface area (Å²) in [5.41, 5.74) is 2.46. The number of anilines is 1. The molecule has 1 nitrogen and oxygen atoms in total. The van der Waals surface area contributed by atoms with Crippen LogP contribution in [0.3, 0.4) is 0 Å². The molecule has 0 radical (unpaired) electrons. The van der Waals surface area contributed by atoms with Gasteiger partial charge in [-0.05, 0) is 17.5 Å². The van der Waals surface area contributed by atoms with Crippen LogP contribution in [0.2, 0.25) is 0 Å². The Balaban J connectivity index is 2.51. The van der Waals surface area contributed by atoms with E-state index in [-0.39, 0.29) is 0 Å². The van der Waals surface area contributed by atoms with Crippen molar-refractivity contribution in [1.82, 2.24) is 0 Å². The van der Waals surface area contributed by atoms with E-state index in [9.17, 15) is 0 Å². The fraction of sp³-hybridized carbons (Fsp3) is 0.0909. The van der Waals surface area contributed by atoms with Crippen LogP contribution in [0.1, 0.15) is 0 Å². The third-order valence-corrected chi connectivity index (χ3v) is 2.89. The molecule has 1 heterocycles. The maximum absolute atomic E-state index is 3.19. The van der Waals surface area contributed by atoms with E-state index in [1.54, 1.807) is 11.3 Å². The molecule has 0 fully saturated rings. The average molecular weight is 189 g/mol. The van der Waals surface area contributed by atoms with Gasteiger partial charge in [-0.25, -0.2) is 0 Å². The zero-order valence-electron chi connectivity index (χ0n) is 7.45. The first-order valence-electron chi connectivity index (χ1n) is 4.22. The summed E-state index contributed by atoms with van der Waals surface area (Å²) >= 11 is 1.77. The van der Waals surface area contributed by atoms with Gasteiger partial charge in [0.25, 0.3) is 0 Å². The number of nitrogens with one attached hydrogen (secondary N) is 1. The zero-order valence-corrected chi connectivity index (χ0v) is 8.27. The molecule has 0 saturated heterocycles. The predicted molar refractivity (Wildman–Crippen MR) is 59.3 cm³/mol. The Kier molecular flexibility index (Phi) is 2.32. The quantitative estimate of drug-likeness (QED) is 0.763. The fourth-order valence-corrected chi connectivity index (χ4v) is 2.11. The minimum Gasteiger partial charge on any atom is -0.388 e. The third-order valence-electron chi connectivity index (χ3n) is 1.98. The van der Waals surface area contributed by atoms with Gasteiger partial charge in [-0.15, -0.1) is 11.3 Å². The number of hydrogen-bond acceptors (Lipinski definition) is 2. The Morgan fingerprint density at radius 3 is 2.62 bits per heavy atom. The monoisotopic (exact) mass is 189 g/mol. The summed E-state index contributed by atoms with van der Waals surface area (Å²) in [5.74, 6) is 0. The van der Waals surface area contributed by atoms with E-state index < -0.39 is 0 Å². The van der Waals surface area contributed by atoms with Crippen LogP contribution < -0.4 is 5.32 Å². The zero-order chi connectivity index (χ0) is 9.10. The van der Waals surface area contributed by atoms with Crippen molar-refractivity contribution in [3.63, 3.8) is 0 Å². The van der Waals surface area contributed by atoms with E-state index >= 15 is 0 Å². The lowest BCUT2D eigenvalue weighted by atomic mass is 10.1. The first kappa shape index (κ1) is 8.32. The number of hydrogen-bond donors (Lipinski definition) is 1. The van der Waals surface area contributed by atoms with Crippen LogP contribution in [0, 0.1) is 0 Å². The molecule has 2 rings (SSSR count). The van der Waals surface area contributed by atoms with Crippen LogP contribution in [0.25, 0.3) is 10.4 Å². The smallest absolute Gasteiger partial charge is 0.0425 e. The molecule has 66 valence electrons. The second kappa shape index (κ2) is 3.62. The summed E-state index contributed by atoms with van der Waals surface area (Å²) in [4.78, 5) is 1.31. The lowest BCUT2D eigenvalue weighted by Gasteiger charge is -2.05. The van der Waals surface area contributed by atoms with Gasteiger partial charge in [0.05, 0.1) is 0 Å². The molecule has 2 aromatic rings. The molecule has 2 heteroatoms. The van der Waals surface area contributed by atoms with Crippen molar-refractivity contribution in [2.24, 2.45) is 0 Å². The van der Waals surface area contributed by atoms with E-state index in [1.807, 2.05) is 13.1 Å². The lowest BCUT2D eigenvalue weighted by Crippen LogP contribution is -1.89. The van der Waals surface area contributed by atoms with Crippen LogP contribution in [-0.4, -0.2) is 7.05 Å². The van der Waals surface area contributed by atoms with Gasteiger partial charge in [0.2, 0.25) is 0 Å². The Bertz CT molecular complexity index is 379. The van der Waals surface area contributed by atoms with Gasteiger partial charge in [0.1, 0.15) is 0 Å². The summed E-state index contributed by atoms with van der Waals surface area (Å²) < 4.78 is 0. The van der Waals surface area contributed by atoms with E-state index in [1.165, 1.54) is 16.1 Å². The topological polar surface area (TPSA) is 12.0 Å². The number of benzene rings is 1. The Labute approximate surface area is 82.0 Å². The van der Waals surface area contributed by atoms with Crippen LogP contribution in [0.15, 0.2) is 41.8 Å². The maximum Gasteiger partial charge on any atom is 0.0425 e. The summed E-state index contributed by atoms with van der Waals surface area (Å²) in [6.07, 6.45) is 0. The van der Waals surface area contributed by atoms with E-state index in [0.717, 1.165) is 0 Å². The lowest BCUT2D eigenvalue weighted by molar-refractivity contribution is 1.51. The van der Waals surface area contributed by atoms with Crippen molar-refractivity contribution in [3.8, 4) is 10.4 Å². The van der Waals surface area contributed by atoms with Gasteiger partial charge < -0.3 is 5.32 Å². The predicted octanol–water partition coefficient (Wildman–Crippen LogP) is 3.46. The Hall–Kier alpha value is -1.28. The molecule has 0 unspecified atom stereocenters. The van der Waals surface area contributed by atoms with Gasteiger partial charge in [-0.1, -0.05) is 24.3 Å². The highest BCUT2D eigenvalue weighted by Gasteiger charge is 2.02. The van der Waals surface area contributed by atoms with Gasteiger partial charge >= 0.3 is 0 Å². The molecule has 0 aliphatic rings. The maximum atomic E-state index is 3.19. The molecule has 1 N–H and O–H groups in total. The molecule has 0 aliphatic carbocycles. The molecule has 0 spiro atoms. The highest BCUT2D eigenvalue weighted by atomic mass is 32.1.